The maximum atomic E-state index is 5.23. The third kappa shape index (κ3) is 5.08. The molecule has 11 rings (SSSR count). The lowest BCUT2D eigenvalue weighted by Crippen LogP contribution is -2.00. The number of aromatic nitrogens is 4. The van der Waals surface area contributed by atoms with E-state index in [4.69, 9.17) is 19.9 Å². The van der Waals surface area contributed by atoms with E-state index in [1.54, 1.807) is 22.7 Å². The fourth-order valence-corrected chi connectivity index (χ4v) is 10.7. The molecule has 0 unspecified atom stereocenters. The first-order valence-electron chi connectivity index (χ1n) is 17.4. The molecule has 0 fully saturated rings. The van der Waals surface area contributed by atoms with E-state index < -0.39 is 0 Å². The van der Waals surface area contributed by atoms with Crippen LogP contribution >= 0.6 is 34.0 Å². The number of thiophene rings is 2. The van der Waals surface area contributed by atoms with E-state index >= 15 is 0 Å². The average molecular weight is 731 g/mol. The van der Waals surface area contributed by atoms with Crippen LogP contribution < -0.4 is 0 Å². The number of nitrogens with zero attached hydrogens (tertiary/aromatic N) is 4. The zero-order valence-electron chi connectivity index (χ0n) is 28.0. The number of hydrogen-bond acceptors (Lipinski definition) is 7. The Morgan fingerprint density at radius 3 is 1.68 bits per heavy atom. The largest absolute Gasteiger partial charge is 0.236 e. The molecule has 0 aliphatic carbocycles. The average Bonchev–Trinajstić information content (AvgIpc) is 3.94. The molecule has 0 radical (unpaired) electrons. The number of benzene rings is 7. The van der Waals surface area contributed by atoms with E-state index in [1.807, 2.05) is 35.6 Å². The smallest absolute Gasteiger partial charge is 0.164 e. The second kappa shape index (κ2) is 12.2. The summed E-state index contributed by atoms with van der Waals surface area (Å²) in [4.78, 5) is 20.5. The van der Waals surface area contributed by atoms with Gasteiger partial charge in [-0.3, -0.25) is 0 Å². The van der Waals surface area contributed by atoms with Crippen molar-refractivity contribution in [3.63, 3.8) is 0 Å². The molecule has 0 N–H and O–H groups in total. The zero-order chi connectivity index (χ0) is 34.9. The topological polar surface area (TPSA) is 51.6 Å². The highest BCUT2D eigenvalue weighted by Gasteiger charge is 2.20. The summed E-state index contributed by atoms with van der Waals surface area (Å²) in [5, 5.41) is 5.94. The van der Waals surface area contributed by atoms with Gasteiger partial charge in [-0.2, -0.15) is 0 Å². The summed E-state index contributed by atoms with van der Waals surface area (Å²) < 4.78 is 6.19. The number of para-hydroxylation sites is 1. The Hall–Kier alpha value is -6.12. The molecule has 0 bridgehead atoms. The van der Waals surface area contributed by atoms with Crippen molar-refractivity contribution in [2.75, 3.05) is 0 Å². The Balaban J connectivity index is 1.09. The minimum atomic E-state index is 0.642. The van der Waals surface area contributed by atoms with Crippen LogP contribution in [0.4, 0.5) is 0 Å². The minimum absolute atomic E-state index is 0.642. The van der Waals surface area contributed by atoms with Crippen LogP contribution in [0.1, 0.15) is 0 Å². The molecule has 11 aromatic rings. The second-order valence-corrected chi connectivity index (χ2v) is 16.1. The number of rotatable bonds is 5. The van der Waals surface area contributed by atoms with Crippen LogP contribution in [-0.2, 0) is 0 Å². The van der Waals surface area contributed by atoms with Crippen molar-refractivity contribution in [1.82, 2.24) is 19.9 Å². The van der Waals surface area contributed by atoms with Gasteiger partial charge in [-0.1, -0.05) is 127 Å². The molecule has 4 nitrogen and oxygen atoms in total. The maximum Gasteiger partial charge on any atom is 0.164 e. The van der Waals surface area contributed by atoms with Gasteiger partial charge in [0.1, 0.15) is 5.01 Å². The highest BCUT2D eigenvalue weighted by molar-refractivity contribution is 7.26. The molecule has 4 aromatic heterocycles. The van der Waals surface area contributed by atoms with Crippen LogP contribution in [-0.4, -0.2) is 19.9 Å². The van der Waals surface area contributed by atoms with Gasteiger partial charge >= 0.3 is 0 Å². The van der Waals surface area contributed by atoms with Crippen LogP contribution in [0.3, 0.4) is 0 Å². The summed E-state index contributed by atoms with van der Waals surface area (Å²) in [7, 11) is 0. The van der Waals surface area contributed by atoms with Crippen LogP contribution in [0.15, 0.2) is 158 Å². The molecule has 0 amide bonds. The maximum absolute atomic E-state index is 5.23. The summed E-state index contributed by atoms with van der Waals surface area (Å²) >= 11 is 5.38. The normalized spacial score (nSPS) is 11.8. The molecule has 0 aliphatic rings. The quantitative estimate of drug-likeness (QED) is 0.177. The minimum Gasteiger partial charge on any atom is -0.236 e. The molecule has 7 aromatic carbocycles. The predicted octanol–water partition coefficient (Wildman–Crippen LogP) is 13.6. The Kier molecular flexibility index (Phi) is 7.05. The lowest BCUT2D eigenvalue weighted by atomic mass is 10.0. The first-order chi connectivity index (χ1) is 26.2. The van der Waals surface area contributed by atoms with Crippen molar-refractivity contribution >= 4 is 84.6 Å². The van der Waals surface area contributed by atoms with E-state index in [9.17, 15) is 0 Å². The van der Waals surface area contributed by atoms with Crippen LogP contribution in [0, 0.1) is 0 Å². The van der Waals surface area contributed by atoms with Gasteiger partial charge in [0.2, 0.25) is 0 Å². The van der Waals surface area contributed by atoms with Gasteiger partial charge in [0.05, 0.1) is 10.2 Å². The molecule has 0 aliphatic heterocycles. The van der Waals surface area contributed by atoms with E-state index in [0.717, 1.165) is 38.2 Å². The first-order valence-corrected chi connectivity index (χ1v) is 19.8. The fraction of sp³-hybridized carbons (Fsp3) is 0. The fourth-order valence-electron chi connectivity index (χ4n) is 7.33. The van der Waals surface area contributed by atoms with Gasteiger partial charge in [0, 0.05) is 62.6 Å². The van der Waals surface area contributed by atoms with Crippen molar-refractivity contribution in [3.8, 4) is 55.9 Å². The molecule has 7 heteroatoms. The standard InChI is InChI=1S/C46H26N4S3/c1-2-11-28(12-3-1)43-48-44(29-25-23-27(24-26-29)30-14-8-15-32-31-13-4-6-19-36(31)52-42(30)32)50-45(49-43)33-16-9-21-38-40(33)41-34(17-10-22-39(41)51-38)46-47-35-18-5-7-20-37(35)53-46/h1-26H. The van der Waals surface area contributed by atoms with Crippen molar-refractivity contribution in [3.05, 3.63) is 158 Å². The number of hydrogen-bond donors (Lipinski definition) is 0. The van der Waals surface area contributed by atoms with Crippen LogP contribution in [0.5, 0.6) is 0 Å². The van der Waals surface area contributed by atoms with Crippen molar-refractivity contribution in [2.45, 2.75) is 0 Å². The van der Waals surface area contributed by atoms with Gasteiger partial charge in [-0.05, 0) is 41.5 Å². The van der Waals surface area contributed by atoms with Crippen molar-refractivity contribution < 1.29 is 0 Å². The van der Waals surface area contributed by atoms with Crippen molar-refractivity contribution in [2.24, 2.45) is 0 Å². The third-order valence-electron chi connectivity index (χ3n) is 9.81. The summed E-state index contributed by atoms with van der Waals surface area (Å²) in [5.41, 5.74) is 7.42. The lowest BCUT2D eigenvalue weighted by Gasteiger charge is -2.11. The number of fused-ring (bicyclic) bond motifs is 7. The summed E-state index contributed by atoms with van der Waals surface area (Å²) in [6.07, 6.45) is 0. The zero-order valence-corrected chi connectivity index (χ0v) is 30.5. The molecule has 248 valence electrons. The summed E-state index contributed by atoms with van der Waals surface area (Å²) in [5.74, 6) is 1.94. The third-order valence-corrected chi connectivity index (χ3v) is 13.2. The van der Waals surface area contributed by atoms with Crippen LogP contribution in [0.2, 0.25) is 0 Å². The van der Waals surface area contributed by atoms with Crippen LogP contribution in [0.25, 0.3) is 106 Å². The van der Waals surface area contributed by atoms with E-state index in [2.05, 4.69) is 133 Å². The first kappa shape index (κ1) is 30.5. The molecule has 0 saturated carbocycles. The molecule has 4 heterocycles. The number of thiazole rings is 1. The highest BCUT2D eigenvalue weighted by atomic mass is 32.1. The summed E-state index contributed by atoms with van der Waals surface area (Å²) in [6, 6.07) is 55.4. The Labute approximate surface area is 316 Å². The molecule has 0 spiro atoms. The van der Waals surface area contributed by atoms with Gasteiger partial charge in [-0.25, -0.2) is 19.9 Å². The molecule has 0 saturated heterocycles. The van der Waals surface area contributed by atoms with E-state index in [1.165, 1.54) is 50.8 Å². The second-order valence-electron chi connectivity index (χ2n) is 13.0. The lowest BCUT2D eigenvalue weighted by molar-refractivity contribution is 1.08. The van der Waals surface area contributed by atoms with Gasteiger partial charge < -0.3 is 0 Å². The Bertz CT molecular complexity index is 3140. The van der Waals surface area contributed by atoms with Gasteiger partial charge in [0.15, 0.2) is 17.5 Å². The SMILES string of the molecule is c1ccc(-c2nc(-c3ccc(-c4cccc5c4sc4ccccc45)cc3)nc(-c3cccc4sc5cccc(-c6nc7ccccc7s6)c5c34)n2)cc1. The van der Waals surface area contributed by atoms with Gasteiger partial charge in [0.25, 0.3) is 0 Å². The van der Waals surface area contributed by atoms with Crippen molar-refractivity contribution in [1.29, 1.82) is 0 Å². The summed E-state index contributed by atoms with van der Waals surface area (Å²) in [6.45, 7) is 0. The van der Waals surface area contributed by atoms with E-state index in [0.29, 0.717) is 17.5 Å². The molecule has 0 atom stereocenters. The van der Waals surface area contributed by atoms with Gasteiger partial charge in [-0.15, -0.1) is 34.0 Å². The molecular weight excluding hydrogens is 705 g/mol. The monoisotopic (exact) mass is 730 g/mol. The molecular formula is C46H26N4S3. The van der Waals surface area contributed by atoms with E-state index in [-0.39, 0.29) is 0 Å². The molecule has 53 heavy (non-hydrogen) atoms. The highest BCUT2D eigenvalue weighted by Crippen LogP contribution is 2.45. The predicted molar refractivity (Wildman–Crippen MR) is 226 cm³/mol. The Morgan fingerprint density at radius 1 is 0.321 bits per heavy atom. The Morgan fingerprint density at radius 2 is 0.887 bits per heavy atom.